The lowest BCUT2D eigenvalue weighted by Gasteiger charge is -2.13. The number of nitrogens with zero attached hydrogens (tertiary/aromatic N) is 1. The molecule has 0 aliphatic rings. The molecule has 25 heavy (non-hydrogen) atoms. The fourth-order valence-corrected chi connectivity index (χ4v) is 2.28. The predicted molar refractivity (Wildman–Crippen MR) is 90.9 cm³/mol. The molecule has 1 aromatic heterocycles. The van der Waals surface area contributed by atoms with E-state index < -0.39 is 18.0 Å². The third kappa shape index (κ3) is 3.51. The smallest absolute Gasteiger partial charge is 0.375 e. The Labute approximate surface area is 143 Å². The van der Waals surface area contributed by atoms with Crippen LogP contribution in [0.1, 0.15) is 23.0 Å². The minimum atomic E-state index is -1.05. The van der Waals surface area contributed by atoms with Gasteiger partial charge in [0.2, 0.25) is 5.76 Å². The molecule has 0 fully saturated rings. The van der Waals surface area contributed by atoms with Crippen molar-refractivity contribution < 1.29 is 18.7 Å². The number of fused-ring (bicyclic) bond motifs is 1. The summed E-state index contributed by atoms with van der Waals surface area (Å²) < 4.78 is 10.6. The number of nitrogens with one attached hydrogen (secondary N) is 1. The van der Waals surface area contributed by atoms with Crippen molar-refractivity contribution in [2.24, 2.45) is 0 Å². The number of benzene rings is 2. The van der Waals surface area contributed by atoms with Crippen LogP contribution < -0.4 is 5.32 Å². The Morgan fingerprint density at radius 3 is 2.64 bits per heavy atom. The van der Waals surface area contributed by atoms with Crippen molar-refractivity contribution in [2.45, 2.75) is 13.0 Å². The maximum atomic E-state index is 12.2. The maximum absolute atomic E-state index is 12.2. The van der Waals surface area contributed by atoms with Gasteiger partial charge in [0.25, 0.3) is 5.91 Å². The second-order valence-electron chi connectivity index (χ2n) is 5.34. The van der Waals surface area contributed by atoms with E-state index in [2.05, 4.69) is 5.32 Å². The zero-order valence-corrected chi connectivity index (χ0v) is 13.4. The Kier molecular flexibility index (Phi) is 4.48. The summed E-state index contributed by atoms with van der Waals surface area (Å²) in [6.45, 7) is 1.45. The van der Waals surface area contributed by atoms with Crippen LogP contribution in [-0.4, -0.2) is 18.0 Å². The Hall–Kier alpha value is -3.59. The van der Waals surface area contributed by atoms with Crippen molar-refractivity contribution >= 4 is 28.5 Å². The highest BCUT2D eigenvalue weighted by molar-refractivity contribution is 5.98. The van der Waals surface area contributed by atoms with E-state index in [1.54, 1.807) is 42.5 Å². The van der Waals surface area contributed by atoms with Crippen LogP contribution in [0.4, 0.5) is 5.69 Å². The van der Waals surface area contributed by atoms with Gasteiger partial charge in [-0.05, 0) is 31.2 Å². The van der Waals surface area contributed by atoms with Gasteiger partial charge in [-0.15, -0.1) is 0 Å². The summed E-state index contributed by atoms with van der Waals surface area (Å²) in [5, 5.41) is 12.4. The molecule has 0 radical (unpaired) electrons. The number of hydrogen-bond acceptors (Lipinski definition) is 5. The average molecular weight is 334 g/mol. The van der Waals surface area contributed by atoms with Crippen LogP contribution in [-0.2, 0) is 9.53 Å². The fourth-order valence-electron chi connectivity index (χ4n) is 2.28. The van der Waals surface area contributed by atoms with Gasteiger partial charge >= 0.3 is 5.97 Å². The molecule has 0 saturated carbocycles. The molecule has 1 atom stereocenters. The van der Waals surface area contributed by atoms with E-state index in [9.17, 15) is 9.59 Å². The molecular weight excluding hydrogens is 320 g/mol. The van der Waals surface area contributed by atoms with Gasteiger partial charge < -0.3 is 14.5 Å². The van der Waals surface area contributed by atoms with Crippen molar-refractivity contribution in [3.63, 3.8) is 0 Å². The molecule has 0 unspecified atom stereocenters. The number of anilines is 1. The molecule has 2 aromatic carbocycles. The largest absolute Gasteiger partial charge is 0.449 e. The molecule has 3 aromatic rings. The van der Waals surface area contributed by atoms with Crippen LogP contribution in [0.15, 0.2) is 59.0 Å². The van der Waals surface area contributed by atoms with Crippen molar-refractivity contribution in [3.05, 3.63) is 65.9 Å². The summed E-state index contributed by atoms with van der Waals surface area (Å²) in [4.78, 5) is 24.3. The molecule has 0 aliphatic carbocycles. The normalized spacial score (nSPS) is 11.5. The summed E-state index contributed by atoms with van der Waals surface area (Å²) in [6, 6.07) is 17.3. The quantitative estimate of drug-likeness (QED) is 0.737. The zero-order chi connectivity index (χ0) is 17.8. The van der Waals surface area contributed by atoms with Crippen molar-refractivity contribution in [1.29, 1.82) is 5.26 Å². The first-order chi connectivity index (χ1) is 12.1. The van der Waals surface area contributed by atoms with Gasteiger partial charge in [0.15, 0.2) is 6.10 Å². The van der Waals surface area contributed by atoms with Crippen LogP contribution in [0, 0.1) is 11.3 Å². The number of ether oxygens (including phenoxy) is 1. The van der Waals surface area contributed by atoms with Crippen LogP contribution >= 0.6 is 0 Å². The molecule has 0 spiro atoms. The molecule has 124 valence electrons. The summed E-state index contributed by atoms with van der Waals surface area (Å²) in [7, 11) is 0. The zero-order valence-electron chi connectivity index (χ0n) is 13.4. The lowest BCUT2D eigenvalue weighted by Crippen LogP contribution is -2.30. The molecule has 6 heteroatoms. The highest BCUT2D eigenvalue weighted by atomic mass is 16.6. The Morgan fingerprint density at radius 1 is 1.16 bits per heavy atom. The Bertz CT molecular complexity index is 951. The third-order valence-corrected chi connectivity index (χ3v) is 3.59. The summed E-state index contributed by atoms with van der Waals surface area (Å²) in [6.07, 6.45) is -1.05. The van der Waals surface area contributed by atoms with Gasteiger partial charge in [-0.25, -0.2) is 4.79 Å². The number of rotatable bonds is 4. The van der Waals surface area contributed by atoms with Crippen molar-refractivity contribution in [1.82, 2.24) is 0 Å². The first-order valence-electron chi connectivity index (χ1n) is 7.58. The molecule has 1 amide bonds. The minimum absolute atomic E-state index is 0.0262. The monoisotopic (exact) mass is 334 g/mol. The molecule has 0 bridgehead atoms. The van der Waals surface area contributed by atoms with E-state index in [1.165, 1.54) is 6.92 Å². The van der Waals surface area contributed by atoms with Gasteiger partial charge in [0.1, 0.15) is 11.7 Å². The van der Waals surface area contributed by atoms with Gasteiger partial charge in [-0.2, -0.15) is 5.26 Å². The molecule has 0 aliphatic heterocycles. The molecule has 6 nitrogen and oxygen atoms in total. The topological polar surface area (TPSA) is 92.3 Å². The van der Waals surface area contributed by atoms with Crippen molar-refractivity contribution in [2.75, 3.05) is 5.32 Å². The number of hydrogen-bond donors (Lipinski definition) is 1. The third-order valence-electron chi connectivity index (χ3n) is 3.59. The van der Waals surface area contributed by atoms with Crippen LogP contribution in [0.5, 0.6) is 0 Å². The second kappa shape index (κ2) is 6.89. The van der Waals surface area contributed by atoms with Crippen LogP contribution in [0.2, 0.25) is 0 Å². The first-order valence-corrected chi connectivity index (χ1v) is 7.58. The predicted octanol–water partition coefficient (Wildman–Crippen LogP) is 3.49. The fraction of sp³-hybridized carbons (Fsp3) is 0.105. The Balaban J connectivity index is 1.68. The van der Waals surface area contributed by atoms with Gasteiger partial charge in [0, 0.05) is 5.39 Å². The van der Waals surface area contributed by atoms with Crippen LogP contribution in [0.25, 0.3) is 11.0 Å². The van der Waals surface area contributed by atoms with Gasteiger partial charge in [0.05, 0.1) is 11.3 Å². The lowest BCUT2D eigenvalue weighted by atomic mass is 10.2. The molecule has 3 rings (SSSR count). The number of amides is 1. The summed E-state index contributed by atoms with van der Waals surface area (Å²) in [5.74, 6) is -1.24. The molecule has 1 heterocycles. The van der Waals surface area contributed by atoms with Gasteiger partial charge in [-0.3, -0.25) is 4.79 Å². The number of nitriles is 1. The first kappa shape index (κ1) is 16.3. The van der Waals surface area contributed by atoms with E-state index in [0.29, 0.717) is 16.8 Å². The Morgan fingerprint density at radius 2 is 1.88 bits per heavy atom. The van der Waals surface area contributed by atoms with E-state index in [4.69, 9.17) is 14.4 Å². The lowest BCUT2D eigenvalue weighted by molar-refractivity contribution is -0.123. The van der Waals surface area contributed by atoms with E-state index in [-0.39, 0.29) is 5.76 Å². The highest BCUT2D eigenvalue weighted by Gasteiger charge is 2.22. The van der Waals surface area contributed by atoms with E-state index in [1.807, 2.05) is 18.2 Å². The number of furan rings is 1. The number of carbonyl (C=O) groups excluding carboxylic acids is 2. The van der Waals surface area contributed by atoms with E-state index >= 15 is 0 Å². The van der Waals surface area contributed by atoms with Crippen molar-refractivity contribution in [3.8, 4) is 6.07 Å². The summed E-state index contributed by atoms with van der Waals surface area (Å²) >= 11 is 0. The van der Waals surface area contributed by atoms with Gasteiger partial charge in [-0.1, -0.05) is 30.3 Å². The highest BCUT2D eigenvalue weighted by Crippen LogP contribution is 2.20. The maximum Gasteiger partial charge on any atom is 0.375 e. The number of para-hydroxylation sites is 2. The van der Waals surface area contributed by atoms with Crippen LogP contribution in [0.3, 0.4) is 0 Å². The average Bonchev–Trinajstić information content (AvgIpc) is 3.06. The number of carbonyl (C=O) groups is 2. The SMILES string of the molecule is C[C@H](OC(=O)c1cc2ccccc2o1)C(=O)Nc1ccccc1C#N. The second-order valence-corrected chi connectivity index (χ2v) is 5.34. The molecular formula is C19H14N2O4. The number of esters is 1. The summed E-state index contributed by atoms with van der Waals surface area (Å²) in [5.41, 5.74) is 1.25. The molecule has 1 N–H and O–H groups in total. The standard InChI is InChI=1S/C19H14N2O4/c1-12(18(22)21-15-8-4-2-7-14(15)11-20)24-19(23)17-10-13-6-3-5-9-16(13)25-17/h2-10,12H,1H3,(H,21,22)/t12-/m0/s1. The molecule has 0 saturated heterocycles. The van der Waals surface area contributed by atoms with E-state index in [0.717, 1.165) is 5.39 Å². The minimum Gasteiger partial charge on any atom is -0.449 e.